The van der Waals surface area contributed by atoms with Crippen LogP contribution in [0.3, 0.4) is 0 Å². The lowest BCUT2D eigenvalue weighted by Gasteiger charge is -2.09. The van der Waals surface area contributed by atoms with Gasteiger partial charge < -0.3 is 0 Å². The molecule has 0 bridgehead atoms. The molecule has 0 aromatic heterocycles. The van der Waals surface area contributed by atoms with Crippen molar-refractivity contribution < 1.29 is 26.7 Å². The zero-order chi connectivity index (χ0) is 12.5. The quantitative estimate of drug-likeness (QED) is 0.582. The van der Waals surface area contributed by atoms with E-state index < -0.39 is 34.5 Å². The van der Waals surface area contributed by atoms with Crippen LogP contribution in [-0.4, -0.2) is 12.2 Å². The fourth-order valence-electron chi connectivity index (χ4n) is 1.02. The standard InChI is InChI=1S/C9H4ClF5O/c10-6-3-4(7(16)8(11)12)1-2-5(6)9(13,14)15/h1-3,8H. The van der Waals surface area contributed by atoms with E-state index in [0.717, 1.165) is 0 Å². The van der Waals surface area contributed by atoms with Crippen molar-refractivity contribution in [2.75, 3.05) is 0 Å². The van der Waals surface area contributed by atoms with E-state index in [0.29, 0.717) is 18.2 Å². The minimum absolute atomic E-state index is 0.498. The van der Waals surface area contributed by atoms with E-state index in [4.69, 9.17) is 11.6 Å². The summed E-state index contributed by atoms with van der Waals surface area (Å²) in [6, 6.07) is 1.75. The number of carbonyl (C=O) groups excluding carboxylic acids is 1. The van der Waals surface area contributed by atoms with Gasteiger partial charge in [0.25, 0.3) is 0 Å². The number of halogens is 6. The van der Waals surface area contributed by atoms with Gasteiger partial charge in [0.15, 0.2) is 0 Å². The minimum atomic E-state index is -4.68. The molecule has 0 heterocycles. The summed E-state index contributed by atoms with van der Waals surface area (Å²) in [5.41, 5.74) is -1.71. The lowest BCUT2D eigenvalue weighted by atomic mass is 10.1. The monoisotopic (exact) mass is 258 g/mol. The van der Waals surface area contributed by atoms with E-state index in [1.807, 2.05) is 0 Å². The molecule has 0 amide bonds. The van der Waals surface area contributed by atoms with Gasteiger partial charge in [0, 0.05) is 5.56 Å². The van der Waals surface area contributed by atoms with Gasteiger partial charge in [-0.2, -0.15) is 13.2 Å². The Balaban J connectivity index is 3.15. The van der Waals surface area contributed by atoms with Gasteiger partial charge in [-0.15, -0.1) is 0 Å². The third-order valence-corrected chi connectivity index (χ3v) is 2.07. The predicted molar refractivity (Wildman–Crippen MR) is 46.8 cm³/mol. The molecule has 0 radical (unpaired) electrons. The summed E-state index contributed by atoms with van der Waals surface area (Å²) in [4.78, 5) is 10.8. The summed E-state index contributed by atoms with van der Waals surface area (Å²) in [7, 11) is 0. The second-order valence-corrected chi connectivity index (χ2v) is 3.26. The van der Waals surface area contributed by atoms with Gasteiger partial charge >= 0.3 is 12.6 Å². The molecule has 16 heavy (non-hydrogen) atoms. The van der Waals surface area contributed by atoms with E-state index in [1.165, 1.54) is 0 Å². The largest absolute Gasteiger partial charge is 0.417 e. The van der Waals surface area contributed by atoms with Crippen LogP contribution in [0.4, 0.5) is 22.0 Å². The van der Waals surface area contributed by atoms with Crippen molar-refractivity contribution in [2.45, 2.75) is 12.6 Å². The van der Waals surface area contributed by atoms with Crippen molar-refractivity contribution in [3.63, 3.8) is 0 Å². The second kappa shape index (κ2) is 4.37. The van der Waals surface area contributed by atoms with Crippen molar-refractivity contribution in [2.24, 2.45) is 0 Å². The van der Waals surface area contributed by atoms with Gasteiger partial charge in [-0.1, -0.05) is 17.7 Å². The number of rotatable bonds is 2. The van der Waals surface area contributed by atoms with Crippen LogP contribution in [0.15, 0.2) is 18.2 Å². The Morgan fingerprint density at radius 1 is 1.25 bits per heavy atom. The summed E-state index contributed by atoms with van der Waals surface area (Å²) < 4.78 is 60.6. The molecule has 7 heteroatoms. The highest BCUT2D eigenvalue weighted by Gasteiger charge is 2.33. The first-order valence-corrected chi connectivity index (χ1v) is 4.30. The van der Waals surface area contributed by atoms with E-state index in [-0.39, 0.29) is 0 Å². The molecule has 0 aliphatic carbocycles. The van der Waals surface area contributed by atoms with Gasteiger partial charge in [0.1, 0.15) is 0 Å². The Morgan fingerprint density at radius 2 is 1.81 bits per heavy atom. The first-order valence-electron chi connectivity index (χ1n) is 3.92. The van der Waals surface area contributed by atoms with Crippen molar-refractivity contribution in [1.82, 2.24) is 0 Å². The van der Waals surface area contributed by atoms with Crippen molar-refractivity contribution in [3.05, 3.63) is 34.3 Å². The Kier molecular flexibility index (Phi) is 3.52. The maximum absolute atomic E-state index is 12.2. The smallest absolute Gasteiger partial charge is 0.288 e. The third kappa shape index (κ3) is 2.69. The van der Waals surface area contributed by atoms with Crippen LogP contribution < -0.4 is 0 Å². The molecule has 1 nitrogen and oxygen atoms in total. The van der Waals surface area contributed by atoms with E-state index in [2.05, 4.69) is 0 Å². The topological polar surface area (TPSA) is 17.1 Å². The molecular weight excluding hydrogens is 255 g/mol. The highest BCUT2D eigenvalue weighted by atomic mass is 35.5. The summed E-state index contributed by atoms with van der Waals surface area (Å²) in [6.07, 6.45) is -7.95. The number of hydrogen-bond acceptors (Lipinski definition) is 1. The third-order valence-electron chi connectivity index (χ3n) is 1.76. The Bertz CT molecular complexity index is 413. The molecule has 1 aromatic carbocycles. The zero-order valence-corrected chi connectivity index (χ0v) is 8.24. The van der Waals surface area contributed by atoms with Crippen LogP contribution in [-0.2, 0) is 6.18 Å². The molecule has 0 saturated heterocycles. The normalized spacial score (nSPS) is 11.9. The van der Waals surface area contributed by atoms with Crippen LogP contribution in [0.5, 0.6) is 0 Å². The van der Waals surface area contributed by atoms with Gasteiger partial charge in [0.2, 0.25) is 5.78 Å². The minimum Gasteiger partial charge on any atom is -0.288 e. The molecule has 88 valence electrons. The van der Waals surface area contributed by atoms with E-state index >= 15 is 0 Å². The fraction of sp³-hybridized carbons (Fsp3) is 0.222. The average Bonchev–Trinajstić information content (AvgIpc) is 2.14. The number of benzene rings is 1. The molecular formula is C9H4ClF5O. The molecule has 0 aliphatic rings. The van der Waals surface area contributed by atoms with Gasteiger partial charge in [-0.05, 0) is 12.1 Å². The molecule has 0 unspecified atom stereocenters. The highest BCUT2D eigenvalue weighted by Crippen LogP contribution is 2.35. The Morgan fingerprint density at radius 3 is 2.19 bits per heavy atom. The van der Waals surface area contributed by atoms with E-state index in [9.17, 15) is 26.7 Å². The lowest BCUT2D eigenvalue weighted by Crippen LogP contribution is -2.12. The van der Waals surface area contributed by atoms with Crippen LogP contribution >= 0.6 is 11.6 Å². The first-order chi connectivity index (χ1) is 7.23. The number of alkyl halides is 5. The molecule has 0 N–H and O–H groups in total. The molecule has 0 aliphatic heterocycles. The van der Waals surface area contributed by atoms with Crippen LogP contribution in [0.2, 0.25) is 5.02 Å². The first kappa shape index (κ1) is 12.9. The molecule has 0 fully saturated rings. The molecule has 1 rings (SSSR count). The molecule has 1 aromatic rings. The number of Topliss-reactive ketones (excluding diaryl/α,β-unsaturated/α-hetero) is 1. The van der Waals surface area contributed by atoms with Crippen molar-refractivity contribution >= 4 is 17.4 Å². The van der Waals surface area contributed by atoms with Crippen LogP contribution in [0.25, 0.3) is 0 Å². The predicted octanol–water partition coefficient (Wildman–Crippen LogP) is 3.81. The Hall–Kier alpha value is -1.17. The van der Waals surface area contributed by atoms with Crippen LogP contribution in [0.1, 0.15) is 15.9 Å². The lowest BCUT2D eigenvalue weighted by molar-refractivity contribution is -0.137. The number of carbonyl (C=O) groups is 1. The van der Waals surface area contributed by atoms with Gasteiger partial charge in [-0.25, -0.2) is 8.78 Å². The maximum Gasteiger partial charge on any atom is 0.417 e. The van der Waals surface area contributed by atoms with E-state index in [1.54, 1.807) is 0 Å². The van der Waals surface area contributed by atoms with Crippen molar-refractivity contribution in [3.8, 4) is 0 Å². The van der Waals surface area contributed by atoms with Crippen molar-refractivity contribution in [1.29, 1.82) is 0 Å². The van der Waals surface area contributed by atoms with Gasteiger partial charge in [-0.3, -0.25) is 4.79 Å². The maximum atomic E-state index is 12.2. The molecule has 0 spiro atoms. The summed E-state index contributed by atoms with van der Waals surface area (Å²) in [6.45, 7) is 0. The zero-order valence-electron chi connectivity index (χ0n) is 7.49. The number of hydrogen-bond donors (Lipinski definition) is 0. The highest BCUT2D eigenvalue weighted by molar-refractivity contribution is 6.31. The second-order valence-electron chi connectivity index (χ2n) is 2.86. The van der Waals surface area contributed by atoms with Gasteiger partial charge in [0.05, 0.1) is 10.6 Å². The SMILES string of the molecule is O=C(c1ccc(C(F)(F)F)c(Cl)c1)C(F)F. The molecule has 0 saturated carbocycles. The Labute approximate surface area is 91.8 Å². The molecule has 0 atom stereocenters. The summed E-state index contributed by atoms with van der Waals surface area (Å²) in [5, 5.41) is -0.779. The average molecular weight is 259 g/mol. The summed E-state index contributed by atoms with van der Waals surface area (Å²) in [5.74, 6) is -1.56. The number of ketones is 1. The van der Waals surface area contributed by atoms with Crippen LogP contribution in [0, 0.1) is 0 Å². The fourth-order valence-corrected chi connectivity index (χ4v) is 1.31. The summed E-state index contributed by atoms with van der Waals surface area (Å²) >= 11 is 5.25.